The van der Waals surface area contributed by atoms with Gasteiger partial charge in [-0.05, 0) is 44.0 Å². The molecule has 0 spiro atoms. The zero-order valence-corrected chi connectivity index (χ0v) is 11.3. The molecule has 5 nitrogen and oxygen atoms in total. The number of hydrogen-bond donors (Lipinski definition) is 2. The third kappa shape index (κ3) is 2.66. The summed E-state index contributed by atoms with van der Waals surface area (Å²) < 4.78 is 32.4. The highest BCUT2D eigenvalue weighted by molar-refractivity contribution is 7.89. The molecule has 6 heteroatoms. The molecule has 100 valence electrons. The van der Waals surface area contributed by atoms with Crippen molar-refractivity contribution in [3.05, 3.63) is 23.8 Å². The van der Waals surface area contributed by atoms with Gasteiger partial charge in [0.1, 0.15) is 0 Å². The minimum Gasteiger partial charge on any atom is -0.399 e. The van der Waals surface area contributed by atoms with Gasteiger partial charge in [0, 0.05) is 12.3 Å². The average molecular weight is 270 g/mol. The molecule has 2 rings (SSSR count). The van der Waals surface area contributed by atoms with Crippen LogP contribution in [0.2, 0.25) is 0 Å². The Hall–Kier alpha value is -1.11. The van der Waals surface area contributed by atoms with Gasteiger partial charge in [-0.15, -0.1) is 0 Å². The summed E-state index contributed by atoms with van der Waals surface area (Å²) in [5.74, 6) is 0. The van der Waals surface area contributed by atoms with Gasteiger partial charge in [0.15, 0.2) is 0 Å². The number of benzene rings is 1. The fraction of sp³-hybridized carbons (Fsp3) is 0.500. The second-order valence-electron chi connectivity index (χ2n) is 4.61. The maximum Gasteiger partial charge on any atom is 0.240 e. The second-order valence-corrected chi connectivity index (χ2v) is 6.32. The highest BCUT2D eigenvalue weighted by Gasteiger charge is 2.29. The van der Waals surface area contributed by atoms with Crippen LogP contribution in [0, 0.1) is 6.92 Å². The Bertz CT molecular complexity index is 542. The van der Waals surface area contributed by atoms with Crippen LogP contribution in [0.1, 0.15) is 18.9 Å². The zero-order chi connectivity index (χ0) is 13.3. The molecule has 0 aromatic heterocycles. The minimum atomic E-state index is -3.50. The Morgan fingerprint density at radius 3 is 2.72 bits per heavy atom. The van der Waals surface area contributed by atoms with Crippen molar-refractivity contribution in [2.75, 3.05) is 12.3 Å². The first-order chi connectivity index (χ1) is 8.40. The summed E-state index contributed by atoms with van der Waals surface area (Å²) in [5, 5.41) is 0. The van der Waals surface area contributed by atoms with Crippen LogP contribution >= 0.6 is 0 Å². The van der Waals surface area contributed by atoms with Gasteiger partial charge in [-0.2, -0.15) is 0 Å². The molecule has 18 heavy (non-hydrogen) atoms. The first kappa shape index (κ1) is 13.3. The largest absolute Gasteiger partial charge is 0.399 e. The van der Waals surface area contributed by atoms with Crippen molar-refractivity contribution >= 4 is 15.7 Å². The van der Waals surface area contributed by atoms with E-state index in [0.29, 0.717) is 18.7 Å². The summed E-state index contributed by atoms with van der Waals surface area (Å²) in [5.41, 5.74) is 7.03. The standard InChI is InChI=1S/C12H18N2O3S/c1-8-7-10(3-4-11(8)13)18(15,16)14-12-5-6-17-9(12)2/h3-4,7,9,12,14H,5-6,13H2,1-2H3. The summed E-state index contributed by atoms with van der Waals surface area (Å²) in [6, 6.07) is 4.55. The molecule has 0 bridgehead atoms. The highest BCUT2D eigenvalue weighted by Crippen LogP contribution is 2.19. The Morgan fingerprint density at radius 1 is 1.44 bits per heavy atom. The SMILES string of the molecule is Cc1cc(S(=O)(=O)NC2CCOC2C)ccc1N. The fourth-order valence-electron chi connectivity index (χ4n) is 1.97. The number of nitrogens with two attached hydrogens (primary N) is 1. The third-order valence-corrected chi connectivity index (χ3v) is 4.72. The fourth-order valence-corrected chi connectivity index (χ4v) is 3.39. The summed E-state index contributed by atoms with van der Waals surface area (Å²) in [4.78, 5) is 0.244. The molecule has 2 unspecified atom stereocenters. The van der Waals surface area contributed by atoms with Gasteiger partial charge in [0.2, 0.25) is 10.0 Å². The summed E-state index contributed by atoms with van der Waals surface area (Å²) >= 11 is 0. The van der Waals surface area contributed by atoms with Crippen LogP contribution in [0.3, 0.4) is 0 Å². The molecule has 2 atom stereocenters. The van der Waals surface area contributed by atoms with Crippen LogP contribution in [0.15, 0.2) is 23.1 Å². The van der Waals surface area contributed by atoms with Gasteiger partial charge in [-0.25, -0.2) is 13.1 Å². The van der Waals surface area contributed by atoms with E-state index in [0.717, 1.165) is 5.56 Å². The molecular weight excluding hydrogens is 252 g/mol. The lowest BCUT2D eigenvalue weighted by atomic mass is 10.2. The second kappa shape index (κ2) is 4.87. The van der Waals surface area contributed by atoms with E-state index in [-0.39, 0.29) is 17.0 Å². The Kier molecular flexibility index (Phi) is 3.61. The van der Waals surface area contributed by atoms with E-state index in [9.17, 15) is 8.42 Å². The molecule has 1 heterocycles. The Balaban J connectivity index is 2.22. The summed E-state index contributed by atoms with van der Waals surface area (Å²) in [7, 11) is -3.50. The predicted molar refractivity (Wildman–Crippen MR) is 69.7 cm³/mol. The van der Waals surface area contributed by atoms with Gasteiger partial charge in [-0.3, -0.25) is 0 Å². The lowest BCUT2D eigenvalue weighted by molar-refractivity contribution is 0.117. The average Bonchev–Trinajstić information content (AvgIpc) is 2.67. The molecule has 3 N–H and O–H groups in total. The Labute approximate surface area is 107 Å². The molecular formula is C12H18N2O3S. The van der Waals surface area contributed by atoms with Crippen LogP contribution < -0.4 is 10.5 Å². The van der Waals surface area contributed by atoms with Crippen molar-refractivity contribution in [2.45, 2.75) is 37.3 Å². The minimum absolute atomic E-state index is 0.0883. The van der Waals surface area contributed by atoms with Crippen molar-refractivity contribution < 1.29 is 13.2 Å². The van der Waals surface area contributed by atoms with Crippen molar-refractivity contribution in [2.24, 2.45) is 0 Å². The van der Waals surface area contributed by atoms with E-state index in [4.69, 9.17) is 10.5 Å². The monoisotopic (exact) mass is 270 g/mol. The van der Waals surface area contributed by atoms with Crippen molar-refractivity contribution in [1.29, 1.82) is 0 Å². The van der Waals surface area contributed by atoms with Gasteiger partial charge in [0.05, 0.1) is 17.0 Å². The topological polar surface area (TPSA) is 81.4 Å². The molecule has 0 amide bonds. The molecule has 0 radical (unpaired) electrons. The van der Waals surface area contributed by atoms with Gasteiger partial charge >= 0.3 is 0 Å². The van der Waals surface area contributed by atoms with Gasteiger partial charge in [0.25, 0.3) is 0 Å². The maximum atomic E-state index is 12.2. The first-order valence-electron chi connectivity index (χ1n) is 5.90. The quantitative estimate of drug-likeness (QED) is 0.804. The molecule has 1 aromatic carbocycles. The lowest BCUT2D eigenvalue weighted by Crippen LogP contribution is -2.39. The van der Waals surface area contributed by atoms with Crippen LogP contribution in [-0.4, -0.2) is 27.2 Å². The van der Waals surface area contributed by atoms with Gasteiger partial charge < -0.3 is 10.5 Å². The number of rotatable bonds is 3. The van der Waals surface area contributed by atoms with E-state index in [2.05, 4.69) is 4.72 Å². The summed E-state index contributed by atoms with van der Waals surface area (Å²) in [6.07, 6.45) is 0.614. The zero-order valence-electron chi connectivity index (χ0n) is 10.5. The van der Waals surface area contributed by atoms with Crippen molar-refractivity contribution in [3.63, 3.8) is 0 Å². The van der Waals surface area contributed by atoms with Crippen molar-refractivity contribution in [1.82, 2.24) is 4.72 Å². The van der Waals surface area contributed by atoms with E-state index < -0.39 is 10.0 Å². The molecule has 1 aromatic rings. The molecule has 1 fully saturated rings. The number of anilines is 1. The van der Waals surface area contributed by atoms with Gasteiger partial charge in [-0.1, -0.05) is 0 Å². The van der Waals surface area contributed by atoms with E-state index in [1.807, 2.05) is 6.92 Å². The molecule has 0 saturated carbocycles. The lowest BCUT2D eigenvalue weighted by Gasteiger charge is -2.16. The van der Waals surface area contributed by atoms with Crippen LogP contribution in [0.4, 0.5) is 5.69 Å². The van der Waals surface area contributed by atoms with Crippen LogP contribution in [0.5, 0.6) is 0 Å². The predicted octanol–water partition coefficient (Wildman–Crippen LogP) is 1.03. The highest BCUT2D eigenvalue weighted by atomic mass is 32.2. The molecule has 1 aliphatic heterocycles. The van der Waals surface area contributed by atoms with Crippen LogP contribution in [0.25, 0.3) is 0 Å². The van der Waals surface area contributed by atoms with Crippen LogP contribution in [-0.2, 0) is 14.8 Å². The number of nitrogen functional groups attached to an aromatic ring is 1. The number of nitrogens with one attached hydrogen (secondary N) is 1. The molecule has 1 aliphatic rings. The van der Waals surface area contributed by atoms with Crippen molar-refractivity contribution in [3.8, 4) is 0 Å². The number of hydrogen-bond acceptors (Lipinski definition) is 4. The number of sulfonamides is 1. The summed E-state index contributed by atoms with van der Waals surface area (Å²) in [6.45, 7) is 4.25. The molecule has 1 saturated heterocycles. The third-order valence-electron chi connectivity index (χ3n) is 3.23. The normalized spacial score (nSPS) is 24.3. The number of aryl methyl sites for hydroxylation is 1. The van der Waals surface area contributed by atoms with E-state index in [1.54, 1.807) is 19.1 Å². The maximum absolute atomic E-state index is 12.2. The first-order valence-corrected chi connectivity index (χ1v) is 7.38. The number of ether oxygens (including phenoxy) is 1. The van der Waals surface area contributed by atoms with E-state index >= 15 is 0 Å². The Morgan fingerprint density at radius 2 is 2.17 bits per heavy atom. The van der Waals surface area contributed by atoms with E-state index in [1.165, 1.54) is 6.07 Å². The molecule has 0 aliphatic carbocycles. The smallest absolute Gasteiger partial charge is 0.240 e.